The van der Waals surface area contributed by atoms with Crippen LogP contribution in [0.3, 0.4) is 0 Å². The summed E-state index contributed by atoms with van der Waals surface area (Å²) >= 11 is 0. The third-order valence-electron chi connectivity index (χ3n) is 3.68. The minimum Gasteiger partial charge on any atom is -0.497 e. The molecule has 0 aliphatic carbocycles. The summed E-state index contributed by atoms with van der Waals surface area (Å²) in [7, 11) is 1.61. The number of anilines is 1. The zero-order valence-corrected chi connectivity index (χ0v) is 11.9. The molecule has 2 heterocycles. The van der Waals surface area contributed by atoms with Crippen molar-refractivity contribution in [2.24, 2.45) is 0 Å². The van der Waals surface area contributed by atoms with Crippen LogP contribution in [0, 0.1) is 6.92 Å². The van der Waals surface area contributed by atoms with E-state index in [0.717, 1.165) is 22.2 Å². The second-order valence-corrected chi connectivity index (χ2v) is 5.06. The van der Waals surface area contributed by atoms with Crippen LogP contribution in [0.1, 0.15) is 5.56 Å². The van der Waals surface area contributed by atoms with E-state index in [-0.39, 0.29) is 12.3 Å². The number of β-amino-alcohol motifs (C(OH)–C–C–N with tert-alkyl or cyclic N) is 1. The van der Waals surface area contributed by atoms with Crippen LogP contribution in [-0.4, -0.2) is 35.6 Å². The highest BCUT2D eigenvalue weighted by Crippen LogP contribution is 2.33. The third kappa shape index (κ3) is 2.36. The van der Waals surface area contributed by atoms with Crippen molar-refractivity contribution < 1.29 is 14.6 Å². The number of hydrogen-bond acceptors (Lipinski definition) is 5. The number of aliphatic hydroxyl groups is 1. The van der Waals surface area contributed by atoms with E-state index in [9.17, 15) is 9.90 Å². The molecule has 5 heteroatoms. The molecule has 0 saturated heterocycles. The van der Waals surface area contributed by atoms with E-state index in [2.05, 4.69) is 4.98 Å². The molecule has 21 heavy (non-hydrogen) atoms. The van der Waals surface area contributed by atoms with Gasteiger partial charge in [-0.2, -0.15) is 0 Å². The van der Waals surface area contributed by atoms with Crippen molar-refractivity contribution in [1.82, 2.24) is 4.98 Å². The van der Waals surface area contributed by atoms with Crippen molar-refractivity contribution in [1.29, 1.82) is 0 Å². The number of fused-ring (bicyclic) bond motifs is 1. The summed E-state index contributed by atoms with van der Waals surface area (Å²) in [6, 6.07) is 5.74. The van der Waals surface area contributed by atoms with Crippen molar-refractivity contribution >= 4 is 22.4 Å². The number of aromatic nitrogens is 1. The number of pyridine rings is 1. The number of ketones is 1. The van der Waals surface area contributed by atoms with Gasteiger partial charge in [-0.1, -0.05) is 0 Å². The van der Waals surface area contributed by atoms with Gasteiger partial charge in [0.1, 0.15) is 11.9 Å². The molecule has 1 aliphatic heterocycles. The van der Waals surface area contributed by atoms with E-state index in [4.69, 9.17) is 4.74 Å². The topological polar surface area (TPSA) is 62.7 Å². The molecule has 108 valence electrons. The van der Waals surface area contributed by atoms with Crippen molar-refractivity contribution in [3.8, 4) is 5.75 Å². The number of methoxy groups -OCH3 is 1. The first-order chi connectivity index (χ1) is 10.1. The van der Waals surface area contributed by atoms with Gasteiger partial charge in [0.25, 0.3) is 0 Å². The Bertz CT molecular complexity index is 740. The second kappa shape index (κ2) is 5.18. The number of benzene rings is 1. The first-order valence-corrected chi connectivity index (χ1v) is 6.70. The van der Waals surface area contributed by atoms with Crippen LogP contribution in [0.15, 0.2) is 36.7 Å². The first-order valence-electron chi connectivity index (χ1n) is 6.70. The first kappa shape index (κ1) is 13.6. The maximum Gasteiger partial charge on any atom is 0.187 e. The fraction of sp³-hybridized carbons (Fsp3) is 0.250. The second-order valence-electron chi connectivity index (χ2n) is 5.06. The quantitative estimate of drug-likeness (QED) is 0.911. The lowest BCUT2D eigenvalue weighted by Gasteiger charge is -2.27. The Hall–Kier alpha value is -2.40. The standard InChI is InChI=1S/C16H16N2O3/c1-10-3-5-17-16-12(10)7-11(21-2)8-13(16)18-6-4-14(19)15(20)9-18/h3-8,15,20H,9H2,1-2H3. The molecule has 1 aromatic carbocycles. The average Bonchev–Trinajstić information content (AvgIpc) is 2.49. The molecule has 3 rings (SSSR count). The summed E-state index contributed by atoms with van der Waals surface area (Å²) in [5, 5.41) is 10.8. The molecule has 1 aliphatic rings. The lowest BCUT2D eigenvalue weighted by molar-refractivity contribution is -0.122. The lowest BCUT2D eigenvalue weighted by atomic mass is 10.1. The number of aliphatic hydroxyl groups excluding tert-OH is 1. The van der Waals surface area contributed by atoms with Gasteiger partial charge in [0, 0.05) is 29.9 Å². The SMILES string of the molecule is COc1cc(N2C=CC(=O)C(O)C2)c2nccc(C)c2c1. The van der Waals surface area contributed by atoms with Crippen LogP contribution >= 0.6 is 0 Å². The van der Waals surface area contributed by atoms with Crippen molar-refractivity contribution in [3.05, 3.63) is 42.2 Å². The van der Waals surface area contributed by atoms with E-state index in [1.165, 1.54) is 6.08 Å². The van der Waals surface area contributed by atoms with Crippen molar-refractivity contribution in [2.45, 2.75) is 13.0 Å². The summed E-state index contributed by atoms with van der Waals surface area (Å²) < 4.78 is 5.35. The molecule has 0 amide bonds. The Morgan fingerprint density at radius 1 is 1.43 bits per heavy atom. The molecule has 1 atom stereocenters. The summed E-state index contributed by atoms with van der Waals surface area (Å²) in [5.74, 6) is 0.441. The van der Waals surface area contributed by atoms with Gasteiger partial charge in [-0.15, -0.1) is 0 Å². The van der Waals surface area contributed by atoms with Crippen LogP contribution in [0.5, 0.6) is 5.75 Å². The van der Waals surface area contributed by atoms with E-state index in [1.54, 1.807) is 19.5 Å². The van der Waals surface area contributed by atoms with Crippen molar-refractivity contribution in [2.75, 3.05) is 18.6 Å². The highest BCUT2D eigenvalue weighted by Gasteiger charge is 2.23. The monoisotopic (exact) mass is 284 g/mol. The van der Waals surface area contributed by atoms with Gasteiger partial charge >= 0.3 is 0 Å². The van der Waals surface area contributed by atoms with Crippen LogP contribution in [0.25, 0.3) is 10.9 Å². The summed E-state index contributed by atoms with van der Waals surface area (Å²) in [6.45, 7) is 2.23. The third-order valence-corrected chi connectivity index (χ3v) is 3.68. The normalized spacial score (nSPS) is 18.3. The van der Waals surface area contributed by atoms with Gasteiger partial charge in [-0.25, -0.2) is 0 Å². The molecule has 0 bridgehead atoms. The van der Waals surface area contributed by atoms with Crippen LogP contribution in [0.4, 0.5) is 5.69 Å². The average molecular weight is 284 g/mol. The Morgan fingerprint density at radius 3 is 2.95 bits per heavy atom. The number of aryl methyl sites for hydroxylation is 1. The number of carbonyl (C=O) groups excluding carboxylic acids is 1. The molecule has 1 unspecified atom stereocenters. The molecule has 1 aromatic heterocycles. The van der Waals surface area contributed by atoms with E-state index < -0.39 is 6.10 Å². The predicted octanol–water partition coefficient (Wildman–Crippen LogP) is 1.82. The zero-order chi connectivity index (χ0) is 15.0. The summed E-state index contributed by atoms with van der Waals surface area (Å²) in [5.41, 5.74) is 2.73. The smallest absolute Gasteiger partial charge is 0.187 e. The molecule has 0 saturated carbocycles. The molecule has 0 radical (unpaired) electrons. The highest BCUT2D eigenvalue weighted by atomic mass is 16.5. The van der Waals surface area contributed by atoms with E-state index in [0.29, 0.717) is 5.75 Å². The maximum atomic E-state index is 11.4. The highest BCUT2D eigenvalue weighted by molar-refractivity contribution is 5.98. The number of ether oxygens (including phenoxy) is 1. The van der Waals surface area contributed by atoms with Gasteiger partial charge in [0.05, 0.1) is 24.9 Å². The molecule has 0 fully saturated rings. The fourth-order valence-corrected chi connectivity index (χ4v) is 2.47. The summed E-state index contributed by atoms with van der Waals surface area (Å²) in [4.78, 5) is 17.7. The summed E-state index contributed by atoms with van der Waals surface area (Å²) in [6.07, 6.45) is 3.80. The molecule has 1 N–H and O–H groups in total. The fourth-order valence-electron chi connectivity index (χ4n) is 2.47. The predicted molar refractivity (Wildman–Crippen MR) is 80.5 cm³/mol. The Kier molecular flexibility index (Phi) is 3.35. The van der Waals surface area contributed by atoms with E-state index in [1.807, 2.05) is 30.0 Å². The minimum atomic E-state index is -1.01. The van der Waals surface area contributed by atoms with Crippen LogP contribution < -0.4 is 9.64 Å². The Morgan fingerprint density at radius 2 is 2.24 bits per heavy atom. The molecule has 0 spiro atoms. The van der Waals surface area contributed by atoms with Gasteiger partial charge < -0.3 is 14.7 Å². The number of nitrogens with zero attached hydrogens (tertiary/aromatic N) is 2. The lowest BCUT2D eigenvalue weighted by Crippen LogP contribution is -2.37. The Labute approximate surface area is 122 Å². The maximum absolute atomic E-state index is 11.4. The van der Waals surface area contributed by atoms with Crippen LogP contribution in [0.2, 0.25) is 0 Å². The van der Waals surface area contributed by atoms with Crippen molar-refractivity contribution in [3.63, 3.8) is 0 Å². The number of carbonyl (C=O) groups is 1. The van der Waals surface area contributed by atoms with E-state index >= 15 is 0 Å². The largest absolute Gasteiger partial charge is 0.497 e. The molecular weight excluding hydrogens is 268 g/mol. The molecular formula is C16H16N2O3. The van der Waals surface area contributed by atoms with Gasteiger partial charge in [0.2, 0.25) is 0 Å². The number of hydrogen-bond donors (Lipinski definition) is 1. The van der Waals surface area contributed by atoms with Gasteiger partial charge in [-0.05, 0) is 24.6 Å². The molecule has 2 aromatic rings. The minimum absolute atomic E-state index is 0.215. The Balaban J connectivity index is 2.20. The number of rotatable bonds is 2. The van der Waals surface area contributed by atoms with Gasteiger partial charge in [-0.3, -0.25) is 9.78 Å². The zero-order valence-electron chi connectivity index (χ0n) is 11.9. The van der Waals surface area contributed by atoms with Crippen LogP contribution in [-0.2, 0) is 4.79 Å². The van der Waals surface area contributed by atoms with Gasteiger partial charge in [0.15, 0.2) is 5.78 Å². The molecule has 5 nitrogen and oxygen atoms in total.